The molecule has 0 radical (unpaired) electrons. The van der Waals surface area contributed by atoms with E-state index in [0.29, 0.717) is 12.8 Å². The molecule has 0 atom stereocenters. The Morgan fingerprint density at radius 2 is 1.74 bits per heavy atom. The molecule has 136 valence electrons. The predicted molar refractivity (Wildman–Crippen MR) is 113 cm³/mol. The molecule has 0 saturated carbocycles. The highest BCUT2D eigenvalue weighted by Gasteiger charge is 2.12. The van der Waals surface area contributed by atoms with Crippen LogP contribution in [0.2, 0.25) is 0 Å². The number of aromatic hydroxyl groups is 1. The molecule has 0 saturated heterocycles. The number of hydrogen-bond donors (Lipinski definition) is 3. The molecule has 0 unspecified atom stereocenters. The van der Waals surface area contributed by atoms with Gasteiger partial charge in [-0.2, -0.15) is 0 Å². The highest BCUT2D eigenvalue weighted by atomic mass is 32.1. The maximum atomic E-state index is 10.7. The van der Waals surface area contributed by atoms with Crippen LogP contribution < -0.4 is 10.6 Å². The van der Waals surface area contributed by atoms with E-state index in [1.54, 1.807) is 6.07 Å². The first-order valence-corrected chi connectivity index (χ1v) is 8.97. The fourth-order valence-electron chi connectivity index (χ4n) is 3.10. The van der Waals surface area contributed by atoms with Crippen LogP contribution in [0, 0.1) is 0 Å². The minimum atomic E-state index is 0.227. The lowest BCUT2D eigenvalue weighted by Gasteiger charge is -2.17. The highest BCUT2D eigenvalue weighted by Crippen LogP contribution is 2.30. The van der Waals surface area contributed by atoms with Gasteiger partial charge in [0.1, 0.15) is 5.75 Å². The van der Waals surface area contributed by atoms with E-state index in [-0.39, 0.29) is 10.9 Å². The molecule has 27 heavy (non-hydrogen) atoms. The lowest BCUT2D eigenvalue weighted by atomic mass is 9.95. The lowest BCUT2D eigenvalue weighted by Crippen LogP contribution is -2.33. The standard InChI is InChI=1S/C22H20N2O2S/c1-15(13-19-18-10-6-5-7-16(18)11-12-20(19)26)21(24-22(27)23-14-25)17-8-3-2-4-9-17/h2-12,14,26H,13H2,1H3,(H2,23,24,25,27)/b21-15+. The molecule has 3 rings (SSSR count). The molecular formula is C22H20N2O2S. The van der Waals surface area contributed by atoms with Crippen molar-refractivity contribution in [3.63, 3.8) is 0 Å². The molecule has 0 bridgehead atoms. The second-order valence-electron chi connectivity index (χ2n) is 6.20. The summed E-state index contributed by atoms with van der Waals surface area (Å²) in [4.78, 5) is 10.7. The van der Waals surface area contributed by atoms with Gasteiger partial charge in [-0.1, -0.05) is 60.7 Å². The zero-order valence-corrected chi connectivity index (χ0v) is 15.7. The molecule has 0 aliphatic carbocycles. The Kier molecular flexibility index (Phi) is 5.84. The fourth-order valence-corrected chi connectivity index (χ4v) is 3.25. The van der Waals surface area contributed by atoms with Gasteiger partial charge in [-0.25, -0.2) is 0 Å². The highest BCUT2D eigenvalue weighted by molar-refractivity contribution is 7.80. The minimum Gasteiger partial charge on any atom is -0.508 e. The molecule has 0 aromatic heterocycles. The Labute approximate surface area is 163 Å². The van der Waals surface area contributed by atoms with E-state index in [0.717, 1.165) is 33.2 Å². The number of benzene rings is 3. The van der Waals surface area contributed by atoms with Crippen LogP contribution >= 0.6 is 12.2 Å². The van der Waals surface area contributed by atoms with Gasteiger partial charge in [0.05, 0.1) is 0 Å². The van der Waals surface area contributed by atoms with Crippen molar-refractivity contribution in [2.24, 2.45) is 0 Å². The van der Waals surface area contributed by atoms with E-state index in [4.69, 9.17) is 12.2 Å². The molecule has 0 aliphatic rings. The van der Waals surface area contributed by atoms with Crippen molar-refractivity contribution >= 4 is 40.2 Å². The number of rotatable bonds is 5. The van der Waals surface area contributed by atoms with Gasteiger partial charge in [-0.05, 0) is 53.5 Å². The van der Waals surface area contributed by atoms with Crippen LogP contribution in [0.15, 0.2) is 72.3 Å². The first-order chi connectivity index (χ1) is 13.1. The summed E-state index contributed by atoms with van der Waals surface area (Å²) in [5.74, 6) is 0.258. The quantitative estimate of drug-likeness (QED) is 0.463. The number of nitrogens with one attached hydrogen (secondary N) is 2. The minimum absolute atomic E-state index is 0.227. The zero-order valence-electron chi connectivity index (χ0n) is 14.9. The van der Waals surface area contributed by atoms with Crippen molar-refractivity contribution < 1.29 is 9.90 Å². The monoisotopic (exact) mass is 376 g/mol. The summed E-state index contributed by atoms with van der Waals surface area (Å²) in [5, 5.41) is 18.3. The number of carbonyl (C=O) groups excluding carboxylic acids is 1. The van der Waals surface area contributed by atoms with E-state index >= 15 is 0 Å². The van der Waals surface area contributed by atoms with Crippen molar-refractivity contribution in [1.82, 2.24) is 10.6 Å². The number of amides is 1. The number of carbonyl (C=O) groups is 1. The Balaban J connectivity index is 2.06. The van der Waals surface area contributed by atoms with Crippen molar-refractivity contribution in [2.45, 2.75) is 13.3 Å². The summed E-state index contributed by atoms with van der Waals surface area (Å²) in [6, 6.07) is 21.4. The fraction of sp³-hybridized carbons (Fsp3) is 0.0909. The molecule has 3 aromatic rings. The average molecular weight is 376 g/mol. The summed E-state index contributed by atoms with van der Waals surface area (Å²) in [7, 11) is 0. The zero-order chi connectivity index (χ0) is 19.2. The molecule has 0 heterocycles. The number of hydrogen-bond acceptors (Lipinski definition) is 3. The molecule has 0 fully saturated rings. The van der Waals surface area contributed by atoms with Crippen LogP contribution in [0.1, 0.15) is 18.1 Å². The van der Waals surface area contributed by atoms with E-state index in [1.165, 1.54) is 0 Å². The molecular weight excluding hydrogens is 356 g/mol. The predicted octanol–water partition coefficient (Wildman–Crippen LogP) is 4.14. The topological polar surface area (TPSA) is 61.4 Å². The molecule has 0 aliphatic heterocycles. The second-order valence-corrected chi connectivity index (χ2v) is 6.61. The van der Waals surface area contributed by atoms with E-state index in [2.05, 4.69) is 10.6 Å². The van der Waals surface area contributed by atoms with Gasteiger partial charge in [-0.3, -0.25) is 4.79 Å². The van der Waals surface area contributed by atoms with E-state index in [1.807, 2.05) is 67.6 Å². The van der Waals surface area contributed by atoms with Gasteiger partial charge in [0.25, 0.3) is 0 Å². The van der Waals surface area contributed by atoms with Crippen LogP contribution in [-0.4, -0.2) is 16.6 Å². The summed E-state index contributed by atoms with van der Waals surface area (Å²) in [6.07, 6.45) is 1.08. The summed E-state index contributed by atoms with van der Waals surface area (Å²) >= 11 is 5.18. The Hall–Kier alpha value is -3.18. The molecule has 5 heteroatoms. The largest absolute Gasteiger partial charge is 0.508 e. The summed E-state index contributed by atoms with van der Waals surface area (Å²) in [6.45, 7) is 1.99. The average Bonchev–Trinajstić information content (AvgIpc) is 2.69. The second kappa shape index (κ2) is 8.47. The van der Waals surface area contributed by atoms with Crippen molar-refractivity contribution in [1.29, 1.82) is 0 Å². The third kappa shape index (κ3) is 4.33. The molecule has 4 nitrogen and oxygen atoms in total. The summed E-state index contributed by atoms with van der Waals surface area (Å²) in [5.41, 5.74) is 3.60. The maximum Gasteiger partial charge on any atom is 0.213 e. The number of phenolic OH excluding ortho intramolecular Hbond substituents is 1. The number of thiocarbonyl (C=S) groups is 1. The van der Waals surface area contributed by atoms with E-state index < -0.39 is 0 Å². The first-order valence-electron chi connectivity index (χ1n) is 8.56. The van der Waals surface area contributed by atoms with Crippen LogP contribution in [-0.2, 0) is 11.2 Å². The number of fused-ring (bicyclic) bond motifs is 1. The van der Waals surface area contributed by atoms with Crippen molar-refractivity contribution in [3.05, 3.63) is 83.4 Å². The van der Waals surface area contributed by atoms with Gasteiger partial charge < -0.3 is 15.7 Å². The first kappa shape index (κ1) is 18.6. The molecule has 3 N–H and O–H groups in total. The Morgan fingerprint density at radius 1 is 1.04 bits per heavy atom. The number of allylic oxidation sites excluding steroid dienone is 1. The van der Waals surface area contributed by atoms with Gasteiger partial charge in [-0.15, -0.1) is 0 Å². The smallest absolute Gasteiger partial charge is 0.213 e. The molecule has 1 amide bonds. The van der Waals surface area contributed by atoms with Gasteiger partial charge in [0.2, 0.25) is 6.41 Å². The maximum absolute atomic E-state index is 10.7. The third-order valence-electron chi connectivity index (χ3n) is 4.38. The van der Waals surface area contributed by atoms with Crippen LogP contribution in [0.4, 0.5) is 0 Å². The third-order valence-corrected chi connectivity index (χ3v) is 4.60. The van der Waals surface area contributed by atoms with Gasteiger partial charge in [0.15, 0.2) is 5.11 Å². The SMILES string of the molecule is C/C(Cc1c(O)ccc2ccccc12)=C(\NC(=S)NC=O)c1ccccc1. The van der Waals surface area contributed by atoms with Crippen LogP contribution in [0.3, 0.4) is 0 Å². The van der Waals surface area contributed by atoms with Gasteiger partial charge >= 0.3 is 0 Å². The van der Waals surface area contributed by atoms with E-state index in [9.17, 15) is 9.90 Å². The number of phenols is 1. The summed E-state index contributed by atoms with van der Waals surface area (Å²) < 4.78 is 0. The Morgan fingerprint density at radius 3 is 2.48 bits per heavy atom. The van der Waals surface area contributed by atoms with Crippen LogP contribution in [0.5, 0.6) is 5.75 Å². The Bertz CT molecular complexity index is 1010. The van der Waals surface area contributed by atoms with Crippen LogP contribution in [0.25, 0.3) is 16.5 Å². The van der Waals surface area contributed by atoms with Gasteiger partial charge in [0, 0.05) is 11.3 Å². The molecule has 3 aromatic carbocycles. The van der Waals surface area contributed by atoms with Crippen molar-refractivity contribution in [3.8, 4) is 5.75 Å². The lowest BCUT2D eigenvalue weighted by molar-refractivity contribution is -0.108. The molecule has 0 spiro atoms. The van der Waals surface area contributed by atoms with Crippen molar-refractivity contribution in [2.75, 3.05) is 0 Å². The normalized spacial score (nSPS) is 11.6.